The second-order valence-electron chi connectivity index (χ2n) is 20.3. The third kappa shape index (κ3) is 6.57. The summed E-state index contributed by atoms with van der Waals surface area (Å²) in [6, 6.07) is 94.9. The van der Waals surface area contributed by atoms with E-state index in [1.165, 1.54) is 71.9 Å². The molecule has 2 aliphatic carbocycles. The second-order valence-corrected chi connectivity index (χ2v) is 20.3. The Hall–Kier alpha value is -9.96. The van der Waals surface area contributed by atoms with Gasteiger partial charge in [0, 0.05) is 55.3 Å². The van der Waals surface area contributed by atoms with Gasteiger partial charge in [0.2, 0.25) is 0 Å². The smallest absolute Gasteiger partial charge is 0.143 e. The number of para-hydroxylation sites is 4. The molecule has 3 nitrogen and oxygen atoms in total. The summed E-state index contributed by atoms with van der Waals surface area (Å²) < 4.78 is 9.32. The average molecular weight is 983 g/mol. The zero-order valence-electron chi connectivity index (χ0n) is 42.5. The van der Waals surface area contributed by atoms with Crippen molar-refractivity contribution in [3.8, 4) is 50.2 Å². The number of hydrogen-bond donors (Lipinski definition) is 0. The number of nitrogens with zero attached hydrogens (tertiary/aromatic N) is 2. The third-order valence-electron chi connectivity index (χ3n) is 16.5. The van der Waals surface area contributed by atoms with Gasteiger partial charge in [-0.05, 0) is 123 Å². The number of benzene rings is 11. The Morgan fingerprint density at radius 2 is 0.857 bits per heavy atom. The standard InChI is InChI=1S/C74H50N2O/c1-3-21-68(70-48(2)74(66-37-16-12-28-62(66)70)64-35-14-10-26-58(64)59-27-11-15-36-65(59)74)75(53-44-40-50(41-45-53)55-30-20-39-69-71(55)63-29-13-17-38-67(63)76(69)52-24-8-5-9-25-52)54-46-42-51(43-47-54)57-32-19-34-61-60-33-18-31-56(72(60)77-73(57)61)49-22-6-4-7-23-49/h3-47H,1H2,2H3/b68-21+. The summed E-state index contributed by atoms with van der Waals surface area (Å²) >= 11 is 0. The van der Waals surface area contributed by atoms with Crippen LogP contribution >= 0.6 is 0 Å². The molecule has 0 atom stereocenters. The maximum atomic E-state index is 6.93. The average Bonchev–Trinajstić information content (AvgIpc) is 4.28. The van der Waals surface area contributed by atoms with Crippen LogP contribution in [0.2, 0.25) is 0 Å². The Bertz CT molecular complexity index is 4520. The summed E-state index contributed by atoms with van der Waals surface area (Å²) in [4.78, 5) is 2.44. The lowest BCUT2D eigenvalue weighted by molar-refractivity contribution is 0.671. The molecule has 0 radical (unpaired) electrons. The minimum atomic E-state index is -0.484. The van der Waals surface area contributed by atoms with Gasteiger partial charge in [-0.25, -0.2) is 0 Å². The summed E-state index contributed by atoms with van der Waals surface area (Å²) in [6.45, 7) is 6.76. The first kappa shape index (κ1) is 44.5. The maximum absolute atomic E-state index is 6.93. The van der Waals surface area contributed by atoms with Crippen LogP contribution in [-0.2, 0) is 5.41 Å². The van der Waals surface area contributed by atoms with Crippen LogP contribution in [0, 0.1) is 0 Å². The van der Waals surface area contributed by atoms with Gasteiger partial charge in [-0.15, -0.1) is 0 Å². The SMILES string of the molecule is C=C/C=C(\C1=C(C)C2(c3ccccc31)c1ccccc1-c1ccccc12)N(c1ccc(-c2cccc3c2oc2c(-c4ccccc4)cccc23)cc1)c1ccc(-c2cccc3c2c2ccccc2n3-c2ccccc2)cc1. The minimum absolute atomic E-state index is 0.484. The lowest BCUT2D eigenvalue weighted by Gasteiger charge is -2.32. The molecular weight excluding hydrogens is 933 g/mol. The molecule has 0 saturated heterocycles. The van der Waals surface area contributed by atoms with Crippen molar-refractivity contribution in [1.29, 1.82) is 0 Å². The summed E-state index contributed by atoms with van der Waals surface area (Å²) in [5.41, 5.74) is 24.8. The molecule has 0 fully saturated rings. The Kier molecular flexibility index (Phi) is 10.2. The highest BCUT2D eigenvalue weighted by Crippen LogP contribution is 2.63. The number of fused-ring (bicyclic) bond motifs is 13. The maximum Gasteiger partial charge on any atom is 0.143 e. The number of aromatic nitrogens is 1. The van der Waals surface area contributed by atoms with Crippen molar-refractivity contribution in [2.75, 3.05) is 4.90 Å². The lowest BCUT2D eigenvalue weighted by atomic mass is 9.70. The molecule has 11 aromatic carbocycles. The van der Waals surface area contributed by atoms with Crippen molar-refractivity contribution in [2.45, 2.75) is 12.3 Å². The first-order valence-electron chi connectivity index (χ1n) is 26.5. The first-order chi connectivity index (χ1) is 38.1. The van der Waals surface area contributed by atoms with Crippen molar-refractivity contribution in [3.63, 3.8) is 0 Å². The van der Waals surface area contributed by atoms with Crippen LogP contribution in [0.5, 0.6) is 0 Å². The molecule has 13 aromatic rings. The van der Waals surface area contributed by atoms with Crippen molar-refractivity contribution in [2.24, 2.45) is 0 Å². The highest BCUT2D eigenvalue weighted by atomic mass is 16.3. The van der Waals surface area contributed by atoms with Crippen molar-refractivity contribution in [3.05, 3.63) is 313 Å². The van der Waals surface area contributed by atoms with E-state index in [-0.39, 0.29) is 0 Å². The van der Waals surface area contributed by atoms with Gasteiger partial charge >= 0.3 is 0 Å². The molecule has 2 aromatic heterocycles. The van der Waals surface area contributed by atoms with E-state index in [0.717, 1.165) is 72.5 Å². The number of hydrogen-bond acceptors (Lipinski definition) is 2. The Morgan fingerprint density at radius 3 is 1.47 bits per heavy atom. The zero-order valence-corrected chi connectivity index (χ0v) is 42.5. The summed E-state index contributed by atoms with van der Waals surface area (Å²) in [7, 11) is 0. The van der Waals surface area contributed by atoms with Crippen LogP contribution in [0.3, 0.4) is 0 Å². The number of allylic oxidation sites excluding steroid dienone is 4. The van der Waals surface area contributed by atoms with Crippen molar-refractivity contribution >= 4 is 60.7 Å². The molecule has 77 heavy (non-hydrogen) atoms. The van der Waals surface area contributed by atoms with Gasteiger partial charge in [0.05, 0.1) is 22.1 Å². The molecule has 2 heterocycles. The molecule has 362 valence electrons. The quantitative estimate of drug-likeness (QED) is 0.134. The van der Waals surface area contributed by atoms with Crippen LogP contribution in [0.25, 0.3) is 99.5 Å². The first-order valence-corrected chi connectivity index (χ1v) is 26.5. The molecule has 0 unspecified atom stereocenters. The Balaban J connectivity index is 0.917. The van der Waals surface area contributed by atoms with Gasteiger partial charge < -0.3 is 13.9 Å². The highest BCUT2D eigenvalue weighted by Gasteiger charge is 2.52. The molecule has 0 amide bonds. The normalized spacial score (nSPS) is 13.4. The van der Waals surface area contributed by atoms with Crippen LogP contribution in [0.4, 0.5) is 11.4 Å². The number of anilines is 2. The van der Waals surface area contributed by atoms with Crippen molar-refractivity contribution < 1.29 is 4.42 Å². The number of furan rings is 1. The molecule has 0 aliphatic heterocycles. The molecule has 15 rings (SSSR count). The van der Waals surface area contributed by atoms with Crippen LogP contribution in [0.15, 0.2) is 295 Å². The minimum Gasteiger partial charge on any atom is -0.455 e. The highest BCUT2D eigenvalue weighted by molar-refractivity contribution is 6.16. The predicted molar refractivity (Wildman–Crippen MR) is 322 cm³/mol. The molecule has 1 spiro atoms. The number of rotatable bonds is 9. The molecule has 0 bridgehead atoms. The molecule has 3 heteroatoms. The van der Waals surface area contributed by atoms with Crippen LogP contribution in [-0.4, -0.2) is 4.57 Å². The Labute approximate surface area is 447 Å². The summed E-state index contributed by atoms with van der Waals surface area (Å²) in [5.74, 6) is 0. The van der Waals surface area contributed by atoms with Gasteiger partial charge in [-0.1, -0.05) is 225 Å². The van der Waals surface area contributed by atoms with Crippen LogP contribution < -0.4 is 4.90 Å². The fourth-order valence-electron chi connectivity index (χ4n) is 13.3. The summed E-state index contributed by atoms with van der Waals surface area (Å²) in [6.07, 6.45) is 4.16. The van der Waals surface area contributed by atoms with E-state index in [1.54, 1.807) is 0 Å². The molecule has 2 aliphatic rings. The van der Waals surface area contributed by atoms with Gasteiger partial charge in [-0.3, -0.25) is 0 Å². The van der Waals surface area contributed by atoms with E-state index in [9.17, 15) is 0 Å². The van der Waals surface area contributed by atoms with Gasteiger partial charge in [0.1, 0.15) is 11.2 Å². The van der Waals surface area contributed by atoms with Crippen molar-refractivity contribution in [1.82, 2.24) is 4.57 Å². The second kappa shape index (κ2) is 17.6. The fraction of sp³-hybridized carbons (Fsp3) is 0.0270. The van der Waals surface area contributed by atoms with E-state index in [2.05, 4.69) is 290 Å². The fourth-order valence-corrected chi connectivity index (χ4v) is 13.3. The van der Waals surface area contributed by atoms with Gasteiger partial charge in [0.25, 0.3) is 0 Å². The monoisotopic (exact) mass is 982 g/mol. The van der Waals surface area contributed by atoms with E-state index >= 15 is 0 Å². The molecule has 0 saturated carbocycles. The van der Waals surface area contributed by atoms with Gasteiger partial charge in [-0.2, -0.15) is 0 Å². The van der Waals surface area contributed by atoms with Gasteiger partial charge in [0.15, 0.2) is 0 Å². The zero-order chi connectivity index (χ0) is 51.2. The van der Waals surface area contributed by atoms with E-state index in [4.69, 9.17) is 4.42 Å². The largest absolute Gasteiger partial charge is 0.455 e. The third-order valence-corrected chi connectivity index (χ3v) is 16.5. The predicted octanol–water partition coefficient (Wildman–Crippen LogP) is 19.7. The summed E-state index contributed by atoms with van der Waals surface area (Å²) in [5, 5.41) is 4.67. The molecular formula is C74H50N2O. The topological polar surface area (TPSA) is 21.3 Å². The van der Waals surface area contributed by atoms with E-state index in [0.29, 0.717) is 0 Å². The van der Waals surface area contributed by atoms with E-state index in [1.807, 2.05) is 6.08 Å². The Morgan fingerprint density at radius 1 is 0.416 bits per heavy atom. The molecule has 0 N–H and O–H groups in total. The lowest BCUT2D eigenvalue weighted by Crippen LogP contribution is -2.26. The van der Waals surface area contributed by atoms with E-state index < -0.39 is 5.41 Å². The van der Waals surface area contributed by atoms with Crippen LogP contribution in [0.1, 0.15) is 29.2 Å².